The van der Waals surface area contributed by atoms with E-state index in [4.69, 9.17) is 16.3 Å². The van der Waals surface area contributed by atoms with Gasteiger partial charge in [-0.15, -0.1) is 11.3 Å². The number of ether oxygens (including phenoxy) is 1. The smallest absolute Gasteiger partial charge is 0.283 e. The molecule has 27 heavy (non-hydrogen) atoms. The molecule has 134 valence electrons. The van der Waals surface area contributed by atoms with Crippen molar-refractivity contribution >= 4 is 56.2 Å². The quantitative estimate of drug-likeness (QED) is 0.413. The number of halogens is 1. The summed E-state index contributed by atoms with van der Waals surface area (Å²) < 4.78 is 6.07. The molecule has 0 atom stereocenters. The van der Waals surface area contributed by atoms with Crippen LogP contribution in [0.15, 0.2) is 53.8 Å². The van der Waals surface area contributed by atoms with Crippen molar-refractivity contribution in [2.45, 2.75) is 0 Å². The number of fused-ring (bicyclic) bond motifs is 2. The topological polar surface area (TPSA) is 76.5 Å². The van der Waals surface area contributed by atoms with Gasteiger partial charge in [0.25, 0.3) is 5.91 Å². The zero-order valence-electron chi connectivity index (χ0n) is 14.1. The van der Waals surface area contributed by atoms with Gasteiger partial charge in [-0.1, -0.05) is 23.7 Å². The average molecular weight is 397 g/mol. The molecule has 0 saturated carbocycles. The number of nitrogens with zero attached hydrogens (tertiary/aromatic N) is 3. The lowest BCUT2D eigenvalue weighted by Crippen LogP contribution is -2.16. The van der Waals surface area contributed by atoms with Crippen molar-refractivity contribution in [3.63, 3.8) is 0 Å². The largest absolute Gasteiger partial charge is 0.497 e. The van der Waals surface area contributed by atoms with Gasteiger partial charge >= 0.3 is 0 Å². The molecule has 0 saturated heterocycles. The number of thiophene rings is 1. The predicted octanol–water partition coefficient (Wildman–Crippen LogP) is 4.27. The first kappa shape index (κ1) is 17.4. The first-order valence-corrected chi connectivity index (χ1v) is 9.16. The molecule has 0 fully saturated rings. The standard InChI is InChI=1S/C19H13ClN4O2S/c1-26-12-6-7-13-16(8-12)27-18(17(13)20)19(25)24-22-10-11-9-21-14-4-2-3-5-15(14)23-11/h2-10H,1H3,(H,24,25). The Hall–Kier alpha value is -3.03. The molecule has 4 aromatic rings. The Kier molecular flexibility index (Phi) is 4.70. The highest BCUT2D eigenvalue weighted by Gasteiger charge is 2.17. The van der Waals surface area contributed by atoms with Crippen LogP contribution in [0.2, 0.25) is 5.02 Å². The SMILES string of the molecule is COc1ccc2c(Cl)c(C(=O)NN=Cc3cnc4ccccc4n3)sc2c1. The maximum absolute atomic E-state index is 12.4. The molecule has 6 nitrogen and oxygen atoms in total. The lowest BCUT2D eigenvalue weighted by Gasteiger charge is -1.99. The molecule has 0 aliphatic carbocycles. The summed E-state index contributed by atoms with van der Waals surface area (Å²) in [5.41, 5.74) is 4.58. The van der Waals surface area contributed by atoms with E-state index in [0.29, 0.717) is 21.3 Å². The third-order valence-corrected chi connectivity index (χ3v) is 5.53. The zero-order valence-corrected chi connectivity index (χ0v) is 15.7. The molecule has 0 unspecified atom stereocenters. The molecule has 1 amide bonds. The monoisotopic (exact) mass is 396 g/mol. The normalized spacial score (nSPS) is 11.3. The number of amides is 1. The molecule has 0 aliphatic rings. The van der Waals surface area contributed by atoms with E-state index in [1.54, 1.807) is 19.4 Å². The third-order valence-electron chi connectivity index (χ3n) is 3.87. The molecule has 0 bridgehead atoms. The summed E-state index contributed by atoms with van der Waals surface area (Å²) in [4.78, 5) is 21.5. The Morgan fingerprint density at radius 3 is 2.89 bits per heavy atom. The lowest BCUT2D eigenvalue weighted by atomic mass is 10.2. The number of hydrazone groups is 1. The number of aromatic nitrogens is 2. The molecule has 0 radical (unpaired) electrons. The van der Waals surface area contributed by atoms with Gasteiger partial charge in [0.1, 0.15) is 16.3 Å². The van der Waals surface area contributed by atoms with Gasteiger partial charge in [0.15, 0.2) is 0 Å². The van der Waals surface area contributed by atoms with Crippen LogP contribution in [0, 0.1) is 0 Å². The van der Waals surface area contributed by atoms with E-state index < -0.39 is 0 Å². The number of nitrogens with one attached hydrogen (secondary N) is 1. The van der Waals surface area contributed by atoms with E-state index >= 15 is 0 Å². The summed E-state index contributed by atoms with van der Waals surface area (Å²) in [5.74, 6) is 0.324. The van der Waals surface area contributed by atoms with Crippen LogP contribution in [0.1, 0.15) is 15.4 Å². The molecule has 2 aromatic heterocycles. The highest BCUT2D eigenvalue weighted by atomic mass is 35.5. The number of rotatable bonds is 4. The maximum Gasteiger partial charge on any atom is 0.283 e. The van der Waals surface area contributed by atoms with Crippen molar-refractivity contribution < 1.29 is 9.53 Å². The molecule has 0 spiro atoms. The van der Waals surface area contributed by atoms with Gasteiger partial charge < -0.3 is 4.74 Å². The number of benzene rings is 2. The first-order valence-electron chi connectivity index (χ1n) is 7.97. The third kappa shape index (κ3) is 3.47. The maximum atomic E-state index is 12.4. The van der Waals surface area contributed by atoms with Crippen molar-refractivity contribution in [2.75, 3.05) is 7.11 Å². The fourth-order valence-corrected chi connectivity index (χ4v) is 4.00. The van der Waals surface area contributed by atoms with Crippen LogP contribution in [0.5, 0.6) is 5.75 Å². The summed E-state index contributed by atoms with van der Waals surface area (Å²) in [5, 5.41) is 5.17. The molecule has 2 aromatic carbocycles. The van der Waals surface area contributed by atoms with Crippen molar-refractivity contribution in [3.05, 3.63) is 64.3 Å². The van der Waals surface area contributed by atoms with Gasteiger partial charge in [0, 0.05) is 10.1 Å². The second-order valence-electron chi connectivity index (χ2n) is 5.59. The van der Waals surface area contributed by atoms with Gasteiger partial charge in [-0.25, -0.2) is 10.4 Å². The van der Waals surface area contributed by atoms with Crippen LogP contribution in [0.3, 0.4) is 0 Å². The lowest BCUT2D eigenvalue weighted by molar-refractivity contribution is 0.0959. The van der Waals surface area contributed by atoms with Crippen molar-refractivity contribution in [1.82, 2.24) is 15.4 Å². The number of para-hydroxylation sites is 2. The van der Waals surface area contributed by atoms with Gasteiger partial charge in [-0.05, 0) is 30.3 Å². The van der Waals surface area contributed by atoms with Crippen LogP contribution in [0.4, 0.5) is 0 Å². The van der Waals surface area contributed by atoms with Gasteiger partial charge in [-0.3, -0.25) is 9.78 Å². The van der Waals surface area contributed by atoms with Crippen molar-refractivity contribution in [3.8, 4) is 5.75 Å². The summed E-state index contributed by atoms with van der Waals surface area (Å²) in [7, 11) is 1.59. The van der Waals surface area contributed by atoms with E-state index in [9.17, 15) is 4.79 Å². The Balaban J connectivity index is 1.53. The minimum atomic E-state index is -0.384. The van der Waals surface area contributed by atoms with E-state index in [2.05, 4.69) is 20.5 Å². The van der Waals surface area contributed by atoms with E-state index in [-0.39, 0.29) is 5.91 Å². The van der Waals surface area contributed by atoms with Crippen LogP contribution >= 0.6 is 22.9 Å². The molecule has 4 rings (SSSR count). The van der Waals surface area contributed by atoms with Crippen LogP contribution in [-0.2, 0) is 0 Å². The minimum absolute atomic E-state index is 0.384. The Morgan fingerprint density at radius 2 is 2.07 bits per heavy atom. The molecular weight excluding hydrogens is 384 g/mol. The molecule has 1 N–H and O–H groups in total. The number of hydrogen-bond donors (Lipinski definition) is 1. The summed E-state index contributed by atoms with van der Waals surface area (Å²) in [6.45, 7) is 0. The van der Waals surface area contributed by atoms with Crippen LogP contribution in [0.25, 0.3) is 21.1 Å². The number of methoxy groups -OCH3 is 1. The van der Waals surface area contributed by atoms with E-state index in [1.807, 2.05) is 36.4 Å². The fraction of sp³-hybridized carbons (Fsp3) is 0.0526. The Bertz CT molecular complexity index is 1190. The Labute approximate surface area is 163 Å². The van der Waals surface area contributed by atoms with Crippen molar-refractivity contribution in [1.29, 1.82) is 0 Å². The number of hydrogen-bond acceptors (Lipinski definition) is 6. The summed E-state index contributed by atoms with van der Waals surface area (Å²) in [6.07, 6.45) is 3.04. The highest BCUT2D eigenvalue weighted by molar-refractivity contribution is 7.21. The van der Waals surface area contributed by atoms with Crippen molar-refractivity contribution in [2.24, 2.45) is 5.10 Å². The van der Waals surface area contributed by atoms with Gasteiger partial charge in [0.05, 0.1) is 35.6 Å². The van der Waals surface area contributed by atoms with E-state index in [1.165, 1.54) is 17.6 Å². The highest BCUT2D eigenvalue weighted by Crippen LogP contribution is 2.37. The average Bonchev–Trinajstić information content (AvgIpc) is 3.03. The summed E-state index contributed by atoms with van der Waals surface area (Å²) in [6, 6.07) is 13.0. The Morgan fingerprint density at radius 1 is 1.26 bits per heavy atom. The summed E-state index contributed by atoms with van der Waals surface area (Å²) >= 11 is 7.63. The van der Waals surface area contributed by atoms with Crippen LogP contribution in [-0.4, -0.2) is 29.2 Å². The second-order valence-corrected chi connectivity index (χ2v) is 7.02. The molecule has 8 heteroatoms. The fourth-order valence-electron chi connectivity index (χ4n) is 2.56. The first-order chi connectivity index (χ1) is 13.2. The minimum Gasteiger partial charge on any atom is -0.497 e. The molecule has 0 aliphatic heterocycles. The molecular formula is C19H13ClN4O2S. The number of carbonyl (C=O) groups is 1. The van der Waals surface area contributed by atoms with E-state index in [0.717, 1.165) is 21.1 Å². The predicted molar refractivity (Wildman–Crippen MR) is 108 cm³/mol. The van der Waals surface area contributed by atoms with Gasteiger partial charge in [0.2, 0.25) is 0 Å². The zero-order chi connectivity index (χ0) is 18.8. The second kappa shape index (κ2) is 7.30. The molecule has 2 heterocycles. The van der Waals surface area contributed by atoms with Gasteiger partial charge in [-0.2, -0.15) is 5.10 Å². The van der Waals surface area contributed by atoms with Crippen LogP contribution < -0.4 is 10.2 Å². The number of carbonyl (C=O) groups excluding carboxylic acids is 1.